The number of halogens is 2. The van der Waals surface area contributed by atoms with Gasteiger partial charge in [0.25, 0.3) is 0 Å². The molecule has 0 bridgehead atoms. The van der Waals surface area contributed by atoms with Gasteiger partial charge in [-0.25, -0.2) is 0 Å². The number of benzene rings is 1. The van der Waals surface area contributed by atoms with E-state index in [0.717, 1.165) is 11.4 Å². The molecule has 3 heteroatoms. The van der Waals surface area contributed by atoms with Gasteiger partial charge in [-0.05, 0) is 56.8 Å². The van der Waals surface area contributed by atoms with Gasteiger partial charge in [-0.1, -0.05) is 53.8 Å². The minimum absolute atomic E-state index is 0.381. The summed E-state index contributed by atoms with van der Waals surface area (Å²) in [6.45, 7) is 0. The molecule has 0 aliphatic heterocycles. The maximum atomic E-state index is 6.30. The lowest BCUT2D eigenvalue weighted by Gasteiger charge is -2.22. The third-order valence-corrected chi connectivity index (χ3v) is 4.65. The molecule has 1 nitrogen and oxygen atoms in total. The van der Waals surface area contributed by atoms with Gasteiger partial charge in [0.15, 0.2) is 0 Å². The van der Waals surface area contributed by atoms with Crippen LogP contribution in [-0.2, 0) is 6.42 Å². The molecule has 0 fully saturated rings. The molecule has 0 heterocycles. The molecule has 1 unspecified atom stereocenters. The fraction of sp³-hybridized carbons (Fsp3) is 0.529. The van der Waals surface area contributed by atoms with Crippen molar-refractivity contribution in [2.75, 3.05) is 7.05 Å². The normalized spacial score (nSPS) is 20.6. The molecule has 1 aliphatic rings. The van der Waals surface area contributed by atoms with Crippen molar-refractivity contribution in [1.29, 1.82) is 0 Å². The van der Waals surface area contributed by atoms with Crippen LogP contribution in [0.3, 0.4) is 0 Å². The highest BCUT2D eigenvalue weighted by Crippen LogP contribution is 2.26. The molecular formula is C17H23Cl2N. The van der Waals surface area contributed by atoms with Crippen molar-refractivity contribution in [3.05, 3.63) is 45.5 Å². The average molecular weight is 312 g/mol. The van der Waals surface area contributed by atoms with E-state index in [-0.39, 0.29) is 0 Å². The highest BCUT2D eigenvalue weighted by atomic mass is 35.5. The van der Waals surface area contributed by atoms with Crippen LogP contribution in [-0.4, -0.2) is 13.1 Å². The van der Waals surface area contributed by atoms with Crippen molar-refractivity contribution in [2.24, 2.45) is 0 Å². The zero-order chi connectivity index (χ0) is 14.4. The standard InChI is InChI=1S/C17H23Cl2N/c1-20-17(13-7-5-3-2-4-6-8-13)11-14-9-10-15(18)12-16(14)19/h7,9-10,12,17,20H,2-6,8,11H2,1H3/b13-7+. The smallest absolute Gasteiger partial charge is 0.0453 e. The van der Waals surface area contributed by atoms with E-state index in [4.69, 9.17) is 23.2 Å². The first kappa shape index (κ1) is 15.9. The first-order chi connectivity index (χ1) is 9.70. The van der Waals surface area contributed by atoms with Crippen LogP contribution < -0.4 is 5.32 Å². The van der Waals surface area contributed by atoms with Gasteiger partial charge < -0.3 is 5.32 Å². The zero-order valence-corrected chi connectivity index (χ0v) is 13.6. The van der Waals surface area contributed by atoms with Gasteiger partial charge in [-0.3, -0.25) is 0 Å². The molecule has 0 amide bonds. The Hall–Kier alpha value is -0.500. The third kappa shape index (κ3) is 4.51. The van der Waals surface area contributed by atoms with Crippen LogP contribution in [0.4, 0.5) is 0 Å². The monoisotopic (exact) mass is 311 g/mol. The van der Waals surface area contributed by atoms with Crippen LogP contribution in [0.1, 0.15) is 44.1 Å². The van der Waals surface area contributed by atoms with Gasteiger partial charge in [-0.15, -0.1) is 0 Å². The van der Waals surface area contributed by atoms with E-state index < -0.39 is 0 Å². The number of hydrogen-bond donors (Lipinski definition) is 1. The molecule has 1 atom stereocenters. The Morgan fingerprint density at radius 2 is 1.95 bits per heavy atom. The van der Waals surface area contributed by atoms with E-state index >= 15 is 0 Å². The Labute approximate surface area is 132 Å². The second-order valence-electron chi connectivity index (χ2n) is 5.51. The first-order valence-corrected chi connectivity index (χ1v) is 8.26. The molecule has 0 saturated heterocycles. The predicted octanol–water partition coefficient (Wildman–Crippen LogP) is 5.40. The van der Waals surface area contributed by atoms with Crippen molar-refractivity contribution in [1.82, 2.24) is 5.32 Å². The first-order valence-electron chi connectivity index (χ1n) is 7.51. The van der Waals surface area contributed by atoms with Crippen LogP contribution >= 0.6 is 23.2 Å². The number of rotatable bonds is 4. The number of nitrogens with one attached hydrogen (secondary N) is 1. The van der Waals surface area contributed by atoms with E-state index in [1.807, 2.05) is 25.2 Å². The Bertz CT molecular complexity index is 468. The van der Waals surface area contributed by atoms with Crippen LogP contribution in [0.5, 0.6) is 0 Å². The van der Waals surface area contributed by atoms with Gasteiger partial charge in [0.05, 0.1) is 0 Å². The van der Waals surface area contributed by atoms with E-state index in [2.05, 4.69) is 11.4 Å². The largest absolute Gasteiger partial charge is 0.313 e. The molecule has 1 aromatic rings. The second kappa shape index (κ2) is 8.07. The SMILES string of the molecule is CNC(Cc1ccc(Cl)cc1Cl)/C1=C/CCCCCC1. The minimum atomic E-state index is 0.381. The Balaban J connectivity index is 2.11. The molecular weight excluding hydrogens is 289 g/mol. The molecule has 1 aromatic carbocycles. The maximum Gasteiger partial charge on any atom is 0.0453 e. The summed E-state index contributed by atoms with van der Waals surface area (Å²) in [5.41, 5.74) is 2.71. The van der Waals surface area contributed by atoms with E-state index in [1.165, 1.54) is 44.1 Å². The summed E-state index contributed by atoms with van der Waals surface area (Å²) in [5.74, 6) is 0. The van der Waals surface area contributed by atoms with Gasteiger partial charge >= 0.3 is 0 Å². The van der Waals surface area contributed by atoms with Crippen molar-refractivity contribution < 1.29 is 0 Å². The maximum absolute atomic E-state index is 6.30. The zero-order valence-electron chi connectivity index (χ0n) is 12.1. The van der Waals surface area contributed by atoms with Gasteiger partial charge in [-0.2, -0.15) is 0 Å². The van der Waals surface area contributed by atoms with Crippen molar-refractivity contribution in [3.8, 4) is 0 Å². The van der Waals surface area contributed by atoms with Crippen molar-refractivity contribution >= 4 is 23.2 Å². The summed E-state index contributed by atoms with van der Waals surface area (Å²) < 4.78 is 0. The molecule has 1 N–H and O–H groups in total. The summed E-state index contributed by atoms with van der Waals surface area (Å²) in [4.78, 5) is 0. The molecule has 0 aromatic heterocycles. The Morgan fingerprint density at radius 1 is 1.15 bits per heavy atom. The quantitative estimate of drug-likeness (QED) is 0.734. The van der Waals surface area contributed by atoms with E-state index in [0.29, 0.717) is 11.1 Å². The van der Waals surface area contributed by atoms with E-state index in [1.54, 1.807) is 5.57 Å². The molecule has 0 spiro atoms. The lowest BCUT2D eigenvalue weighted by Crippen LogP contribution is -2.30. The average Bonchev–Trinajstić information content (AvgIpc) is 2.39. The van der Waals surface area contributed by atoms with Crippen LogP contribution in [0, 0.1) is 0 Å². The van der Waals surface area contributed by atoms with Gasteiger partial charge in [0, 0.05) is 16.1 Å². The lowest BCUT2D eigenvalue weighted by atomic mass is 9.91. The highest BCUT2D eigenvalue weighted by Gasteiger charge is 2.15. The van der Waals surface area contributed by atoms with Gasteiger partial charge in [0.1, 0.15) is 0 Å². The molecule has 1 aliphatic carbocycles. The molecule has 0 saturated carbocycles. The topological polar surface area (TPSA) is 12.0 Å². The summed E-state index contributed by atoms with van der Waals surface area (Å²) in [6, 6.07) is 6.17. The number of hydrogen-bond acceptors (Lipinski definition) is 1. The molecule has 2 rings (SSSR count). The molecule has 0 radical (unpaired) electrons. The summed E-state index contributed by atoms with van der Waals surface area (Å²) in [5, 5.41) is 4.92. The predicted molar refractivity (Wildman–Crippen MR) is 88.8 cm³/mol. The summed E-state index contributed by atoms with van der Waals surface area (Å²) >= 11 is 12.3. The van der Waals surface area contributed by atoms with E-state index in [9.17, 15) is 0 Å². The highest BCUT2D eigenvalue weighted by molar-refractivity contribution is 6.35. The number of allylic oxidation sites excluding steroid dienone is 1. The number of likely N-dealkylation sites (N-methyl/N-ethyl adjacent to an activating group) is 1. The summed E-state index contributed by atoms with van der Waals surface area (Å²) in [7, 11) is 2.04. The fourth-order valence-electron chi connectivity index (χ4n) is 2.86. The fourth-order valence-corrected chi connectivity index (χ4v) is 3.34. The van der Waals surface area contributed by atoms with Crippen LogP contribution in [0.15, 0.2) is 29.8 Å². The van der Waals surface area contributed by atoms with Crippen LogP contribution in [0.25, 0.3) is 0 Å². The van der Waals surface area contributed by atoms with Gasteiger partial charge in [0.2, 0.25) is 0 Å². The summed E-state index contributed by atoms with van der Waals surface area (Å²) in [6.07, 6.45) is 11.1. The Morgan fingerprint density at radius 3 is 2.70 bits per heavy atom. The molecule has 110 valence electrons. The van der Waals surface area contributed by atoms with Crippen LogP contribution in [0.2, 0.25) is 10.0 Å². The minimum Gasteiger partial charge on any atom is -0.313 e. The third-order valence-electron chi connectivity index (χ3n) is 4.06. The molecule has 20 heavy (non-hydrogen) atoms. The van der Waals surface area contributed by atoms with Crippen molar-refractivity contribution in [2.45, 2.75) is 51.0 Å². The second-order valence-corrected chi connectivity index (χ2v) is 6.36. The van der Waals surface area contributed by atoms with Crippen molar-refractivity contribution in [3.63, 3.8) is 0 Å². The lowest BCUT2D eigenvalue weighted by molar-refractivity contribution is 0.558. The Kier molecular flexibility index (Phi) is 6.41.